The maximum atomic E-state index is 11.3. The number of carbonyl (C=O) groups is 1. The Morgan fingerprint density at radius 2 is 1.90 bits per heavy atom. The maximum Gasteiger partial charge on any atom is 0.335 e. The Morgan fingerprint density at radius 1 is 1.29 bits per heavy atom. The highest BCUT2D eigenvalue weighted by Gasteiger charge is 2.17. The molecule has 21 heavy (non-hydrogen) atoms. The van der Waals surface area contributed by atoms with E-state index < -0.39 is 5.97 Å². The predicted molar refractivity (Wildman–Crippen MR) is 86.1 cm³/mol. The van der Waals surface area contributed by atoms with E-state index in [0.29, 0.717) is 11.7 Å². The summed E-state index contributed by atoms with van der Waals surface area (Å²) in [5.74, 6) is 0.330. The molecule has 0 radical (unpaired) electrons. The van der Waals surface area contributed by atoms with Crippen LogP contribution in [0.15, 0.2) is 12.1 Å². The van der Waals surface area contributed by atoms with E-state index >= 15 is 0 Å². The summed E-state index contributed by atoms with van der Waals surface area (Å²) >= 11 is 0. The molecule has 0 aliphatic carbocycles. The lowest BCUT2D eigenvalue weighted by molar-refractivity contribution is 0.0696. The second-order valence-corrected chi connectivity index (χ2v) is 6.38. The van der Waals surface area contributed by atoms with Gasteiger partial charge in [0, 0.05) is 18.3 Å². The zero-order valence-corrected chi connectivity index (χ0v) is 13.8. The van der Waals surface area contributed by atoms with Crippen LogP contribution in [0.5, 0.6) is 0 Å². The second kappa shape index (κ2) is 7.41. The molecule has 0 bridgehead atoms. The zero-order valence-electron chi connectivity index (χ0n) is 13.8. The number of hydrogen-bond acceptors (Lipinski definition) is 4. The lowest BCUT2D eigenvalue weighted by atomic mass is 10.0. The van der Waals surface area contributed by atoms with Crippen molar-refractivity contribution in [1.29, 1.82) is 0 Å². The van der Waals surface area contributed by atoms with Crippen LogP contribution in [-0.4, -0.2) is 47.6 Å². The number of aromatic nitrogens is 1. The molecule has 0 spiro atoms. The van der Waals surface area contributed by atoms with Crippen molar-refractivity contribution in [3.63, 3.8) is 0 Å². The van der Waals surface area contributed by atoms with Crippen LogP contribution in [0.4, 0.5) is 5.82 Å². The summed E-state index contributed by atoms with van der Waals surface area (Å²) in [6.45, 7) is 9.18. The molecule has 0 saturated carbocycles. The fourth-order valence-corrected chi connectivity index (χ4v) is 2.05. The summed E-state index contributed by atoms with van der Waals surface area (Å²) in [5.41, 5.74) is 1.08. The molecule has 0 aliphatic rings. The number of carboxylic acids is 1. The van der Waals surface area contributed by atoms with Gasteiger partial charge in [0.2, 0.25) is 0 Å². The first-order chi connectivity index (χ1) is 9.70. The molecular formula is C16H27N3O2. The molecule has 5 nitrogen and oxygen atoms in total. The van der Waals surface area contributed by atoms with Crippen molar-refractivity contribution in [1.82, 2.24) is 9.88 Å². The Bertz CT molecular complexity index is 484. The summed E-state index contributed by atoms with van der Waals surface area (Å²) < 4.78 is 0. The molecule has 0 saturated heterocycles. The molecule has 1 aromatic heterocycles. The molecule has 1 rings (SSSR count). The summed E-state index contributed by atoms with van der Waals surface area (Å²) in [5, 5.41) is 12.6. The number of carboxylic acid groups (broad SMARTS) is 1. The van der Waals surface area contributed by atoms with Crippen molar-refractivity contribution in [2.24, 2.45) is 5.92 Å². The van der Waals surface area contributed by atoms with Gasteiger partial charge in [-0.25, -0.2) is 9.78 Å². The number of nitrogens with one attached hydrogen (secondary N) is 1. The SMILES string of the molecule is CC(C)c1cc(C(=O)O)cc(NC(CN(C)C)C(C)C)n1. The Kier molecular flexibility index (Phi) is 6.15. The highest BCUT2D eigenvalue weighted by atomic mass is 16.4. The predicted octanol–water partition coefficient (Wildman–Crippen LogP) is 2.90. The Balaban J connectivity index is 3.07. The van der Waals surface area contributed by atoms with E-state index in [2.05, 4.69) is 29.0 Å². The lowest BCUT2D eigenvalue weighted by Crippen LogP contribution is -2.36. The van der Waals surface area contributed by atoms with Gasteiger partial charge < -0.3 is 15.3 Å². The minimum atomic E-state index is -0.920. The van der Waals surface area contributed by atoms with Gasteiger partial charge in [0.25, 0.3) is 0 Å². The molecule has 0 aliphatic heterocycles. The Morgan fingerprint density at radius 3 is 2.33 bits per heavy atom. The number of pyridine rings is 1. The first kappa shape index (κ1) is 17.4. The normalized spacial score (nSPS) is 13.0. The monoisotopic (exact) mass is 293 g/mol. The smallest absolute Gasteiger partial charge is 0.335 e. The molecule has 0 aromatic carbocycles. The number of likely N-dealkylation sites (N-methyl/N-ethyl adjacent to an activating group) is 1. The average Bonchev–Trinajstić information content (AvgIpc) is 2.36. The van der Waals surface area contributed by atoms with E-state index in [1.54, 1.807) is 12.1 Å². The highest BCUT2D eigenvalue weighted by molar-refractivity contribution is 5.88. The van der Waals surface area contributed by atoms with Crippen LogP contribution in [-0.2, 0) is 0 Å². The third-order valence-corrected chi connectivity index (χ3v) is 3.38. The summed E-state index contributed by atoms with van der Waals surface area (Å²) in [6.07, 6.45) is 0. The molecule has 1 atom stereocenters. The largest absolute Gasteiger partial charge is 0.478 e. The van der Waals surface area contributed by atoms with Gasteiger partial charge in [0.05, 0.1) is 5.56 Å². The molecule has 1 heterocycles. The Hall–Kier alpha value is -1.62. The standard InChI is InChI=1S/C16H27N3O2/c1-10(2)13-7-12(16(20)21)8-15(17-13)18-14(11(3)4)9-19(5)6/h7-8,10-11,14H,9H2,1-6H3,(H,17,18)(H,20,21). The van der Waals surface area contributed by atoms with Crippen LogP contribution < -0.4 is 5.32 Å². The molecule has 5 heteroatoms. The topological polar surface area (TPSA) is 65.5 Å². The van der Waals surface area contributed by atoms with Gasteiger partial charge in [-0.1, -0.05) is 27.7 Å². The molecular weight excluding hydrogens is 266 g/mol. The first-order valence-corrected chi connectivity index (χ1v) is 7.37. The summed E-state index contributed by atoms with van der Waals surface area (Å²) in [4.78, 5) is 17.9. The minimum Gasteiger partial charge on any atom is -0.478 e. The van der Waals surface area contributed by atoms with Crippen LogP contribution in [0.25, 0.3) is 0 Å². The van der Waals surface area contributed by atoms with Crippen molar-refractivity contribution in [2.75, 3.05) is 26.0 Å². The average molecular weight is 293 g/mol. The van der Waals surface area contributed by atoms with E-state index in [1.165, 1.54) is 0 Å². The molecule has 1 unspecified atom stereocenters. The molecule has 1 aromatic rings. The number of anilines is 1. The van der Waals surface area contributed by atoms with Crippen LogP contribution in [0.1, 0.15) is 49.7 Å². The summed E-state index contributed by atoms with van der Waals surface area (Å²) in [6, 6.07) is 3.48. The van der Waals surface area contributed by atoms with Crippen LogP contribution in [0.2, 0.25) is 0 Å². The Labute approximate surface area is 127 Å². The number of aromatic carboxylic acids is 1. The third kappa shape index (κ3) is 5.34. The van der Waals surface area contributed by atoms with Crippen molar-refractivity contribution in [2.45, 2.75) is 39.7 Å². The molecule has 0 fully saturated rings. The second-order valence-electron chi connectivity index (χ2n) is 6.38. The van der Waals surface area contributed by atoms with Gasteiger partial charge in [-0.3, -0.25) is 0 Å². The van der Waals surface area contributed by atoms with Crippen LogP contribution in [0, 0.1) is 5.92 Å². The molecule has 118 valence electrons. The van der Waals surface area contributed by atoms with Crippen molar-refractivity contribution in [3.05, 3.63) is 23.4 Å². The number of hydrogen-bond donors (Lipinski definition) is 2. The van der Waals surface area contributed by atoms with Crippen molar-refractivity contribution in [3.8, 4) is 0 Å². The first-order valence-electron chi connectivity index (χ1n) is 7.37. The lowest BCUT2D eigenvalue weighted by Gasteiger charge is -2.26. The number of nitrogens with zero attached hydrogens (tertiary/aromatic N) is 2. The molecule has 2 N–H and O–H groups in total. The van der Waals surface area contributed by atoms with E-state index in [4.69, 9.17) is 0 Å². The van der Waals surface area contributed by atoms with Gasteiger partial charge in [0.1, 0.15) is 5.82 Å². The van der Waals surface area contributed by atoms with Gasteiger partial charge in [-0.2, -0.15) is 0 Å². The fourth-order valence-electron chi connectivity index (χ4n) is 2.05. The van der Waals surface area contributed by atoms with Gasteiger partial charge >= 0.3 is 5.97 Å². The third-order valence-electron chi connectivity index (χ3n) is 3.38. The fraction of sp³-hybridized carbons (Fsp3) is 0.625. The van der Waals surface area contributed by atoms with E-state index in [-0.39, 0.29) is 17.5 Å². The van der Waals surface area contributed by atoms with Crippen LogP contribution in [0.3, 0.4) is 0 Å². The van der Waals surface area contributed by atoms with Crippen molar-refractivity contribution >= 4 is 11.8 Å². The van der Waals surface area contributed by atoms with E-state index in [9.17, 15) is 9.90 Å². The highest BCUT2D eigenvalue weighted by Crippen LogP contribution is 2.19. The van der Waals surface area contributed by atoms with Crippen molar-refractivity contribution < 1.29 is 9.90 Å². The van der Waals surface area contributed by atoms with E-state index in [1.807, 2.05) is 27.9 Å². The van der Waals surface area contributed by atoms with Gasteiger partial charge in [0.15, 0.2) is 0 Å². The van der Waals surface area contributed by atoms with Gasteiger partial charge in [-0.05, 0) is 38.1 Å². The summed E-state index contributed by atoms with van der Waals surface area (Å²) in [7, 11) is 4.05. The maximum absolute atomic E-state index is 11.3. The van der Waals surface area contributed by atoms with E-state index in [0.717, 1.165) is 12.2 Å². The zero-order chi connectivity index (χ0) is 16.2. The molecule has 0 amide bonds. The number of rotatable bonds is 7. The quantitative estimate of drug-likeness (QED) is 0.809. The minimum absolute atomic E-state index is 0.191. The van der Waals surface area contributed by atoms with Crippen LogP contribution >= 0.6 is 0 Å². The van der Waals surface area contributed by atoms with Gasteiger partial charge in [-0.15, -0.1) is 0 Å².